The Balaban J connectivity index is 1.67. The van der Waals surface area contributed by atoms with Gasteiger partial charge in [0.05, 0.1) is 13.2 Å². The lowest BCUT2D eigenvalue weighted by Gasteiger charge is -2.29. The van der Waals surface area contributed by atoms with Crippen molar-refractivity contribution in [2.75, 3.05) is 26.8 Å². The van der Waals surface area contributed by atoms with E-state index in [0.717, 1.165) is 58.0 Å². The van der Waals surface area contributed by atoms with E-state index in [4.69, 9.17) is 21.1 Å². The van der Waals surface area contributed by atoms with Crippen LogP contribution in [0.2, 0.25) is 5.02 Å². The van der Waals surface area contributed by atoms with E-state index in [0.29, 0.717) is 42.4 Å². The molecule has 0 aromatic heterocycles. The Bertz CT molecular complexity index is 1570. The summed E-state index contributed by atoms with van der Waals surface area (Å²) in [5.41, 5.74) is 8.04. The predicted molar refractivity (Wildman–Crippen MR) is 172 cm³/mol. The first kappa shape index (κ1) is 31.4. The van der Waals surface area contributed by atoms with Gasteiger partial charge >= 0.3 is 5.97 Å². The molecule has 3 aromatic carbocycles. The second-order valence-electron chi connectivity index (χ2n) is 11.0. The molecule has 3 aromatic rings. The van der Waals surface area contributed by atoms with Crippen molar-refractivity contribution in [2.24, 2.45) is 0 Å². The fourth-order valence-corrected chi connectivity index (χ4v) is 5.83. The first-order chi connectivity index (χ1) is 20.1. The van der Waals surface area contributed by atoms with Crippen LogP contribution in [-0.4, -0.2) is 37.7 Å². The Morgan fingerprint density at radius 1 is 1.05 bits per heavy atom. The molecule has 0 spiro atoms. The number of hydrogen-bond acceptors (Lipinski definition) is 4. The summed E-state index contributed by atoms with van der Waals surface area (Å²) in [6.07, 6.45) is 5.29. The summed E-state index contributed by atoms with van der Waals surface area (Å²) < 4.78 is 25.5. The van der Waals surface area contributed by atoms with Gasteiger partial charge in [0.1, 0.15) is 11.6 Å². The van der Waals surface area contributed by atoms with Gasteiger partial charge in [-0.3, -0.25) is 0 Å². The van der Waals surface area contributed by atoms with Crippen LogP contribution in [-0.2, 0) is 9.53 Å². The molecule has 4 rings (SSSR count). The minimum atomic E-state index is -0.296. The molecule has 0 N–H and O–H groups in total. The SMILES string of the molecule is CCCCOC(=O)/C(C)=C(\CCCOc1cccc2cc(F)ccc12)c1ccc(Cl)c(C2=C(C)N(C)CC=C2C)c1C. The summed E-state index contributed by atoms with van der Waals surface area (Å²) in [5.74, 6) is 0.143. The molecular weight excluding hydrogens is 549 g/mol. The van der Waals surface area contributed by atoms with Crippen molar-refractivity contribution >= 4 is 39.5 Å². The van der Waals surface area contributed by atoms with Crippen molar-refractivity contribution in [3.8, 4) is 5.75 Å². The third-order valence-corrected chi connectivity index (χ3v) is 8.43. The lowest BCUT2D eigenvalue weighted by atomic mass is 9.85. The van der Waals surface area contributed by atoms with Gasteiger partial charge in [-0.1, -0.05) is 49.2 Å². The first-order valence-corrected chi connectivity index (χ1v) is 15.1. The largest absolute Gasteiger partial charge is 0.493 e. The second-order valence-corrected chi connectivity index (χ2v) is 11.4. The zero-order chi connectivity index (χ0) is 30.4. The van der Waals surface area contributed by atoms with Gasteiger partial charge in [-0.15, -0.1) is 0 Å². The molecule has 1 aliphatic heterocycles. The average molecular weight is 590 g/mol. The van der Waals surface area contributed by atoms with Gasteiger partial charge in [0.25, 0.3) is 0 Å². The third kappa shape index (κ3) is 6.90. The van der Waals surface area contributed by atoms with Crippen LogP contribution in [0.4, 0.5) is 4.39 Å². The van der Waals surface area contributed by atoms with E-state index in [9.17, 15) is 9.18 Å². The smallest absolute Gasteiger partial charge is 0.334 e. The van der Waals surface area contributed by atoms with Crippen LogP contribution >= 0.6 is 11.6 Å². The molecule has 4 nitrogen and oxygen atoms in total. The van der Waals surface area contributed by atoms with Crippen molar-refractivity contribution in [1.29, 1.82) is 0 Å². The molecule has 0 saturated carbocycles. The van der Waals surface area contributed by atoms with Crippen LogP contribution in [0, 0.1) is 12.7 Å². The monoisotopic (exact) mass is 589 g/mol. The number of carbonyl (C=O) groups excluding carboxylic acids is 1. The number of carbonyl (C=O) groups is 1. The molecular formula is C36H41ClFNO3. The minimum Gasteiger partial charge on any atom is -0.493 e. The number of hydrogen-bond donors (Lipinski definition) is 0. The third-order valence-electron chi connectivity index (χ3n) is 8.11. The van der Waals surface area contributed by atoms with Crippen molar-refractivity contribution in [1.82, 2.24) is 4.90 Å². The van der Waals surface area contributed by atoms with Crippen LogP contribution in [0.15, 0.2) is 71.5 Å². The van der Waals surface area contributed by atoms with Gasteiger partial charge in [0, 0.05) is 46.4 Å². The quantitative estimate of drug-likeness (QED) is 0.127. The number of rotatable bonds is 11. The Morgan fingerprint density at radius 3 is 2.60 bits per heavy atom. The number of halogens is 2. The molecule has 42 heavy (non-hydrogen) atoms. The lowest BCUT2D eigenvalue weighted by molar-refractivity contribution is -0.139. The number of fused-ring (bicyclic) bond motifs is 1. The van der Waals surface area contributed by atoms with Gasteiger partial charge in [-0.2, -0.15) is 0 Å². The van der Waals surface area contributed by atoms with Crippen LogP contribution < -0.4 is 4.74 Å². The summed E-state index contributed by atoms with van der Waals surface area (Å²) in [4.78, 5) is 15.4. The molecule has 0 amide bonds. The van der Waals surface area contributed by atoms with Crippen LogP contribution in [0.1, 0.15) is 70.1 Å². The summed E-state index contributed by atoms with van der Waals surface area (Å²) in [7, 11) is 2.08. The highest BCUT2D eigenvalue weighted by Gasteiger charge is 2.23. The molecule has 222 valence electrons. The van der Waals surface area contributed by atoms with Gasteiger partial charge in [0.2, 0.25) is 0 Å². The highest BCUT2D eigenvalue weighted by atomic mass is 35.5. The molecule has 6 heteroatoms. The highest BCUT2D eigenvalue weighted by Crippen LogP contribution is 2.40. The van der Waals surface area contributed by atoms with E-state index >= 15 is 0 Å². The van der Waals surface area contributed by atoms with Crippen molar-refractivity contribution in [3.05, 3.63) is 99.0 Å². The van der Waals surface area contributed by atoms with Gasteiger partial charge in [-0.05, 0) is 105 Å². The summed E-state index contributed by atoms with van der Waals surface area (Å²) in [5, 5.41) is 2.35. The zero-order valence-electron chi connectivity index (χ0n) is 25.6. The Hall–Kier alpha value is -3.57. The molecule has 0 fully saturated rings. The lowest BCUT2D eigenvalue weighted by Crippen LogP contribution is -2.21. The number of ether oxygens (including phenoxy) is 2. The Labute approximate surface area is 254 Å². The van der Waals surface area contributed by atoms with E-state index in [1.165, 1.54) is 23.4 Å². The average Bonchev–Trinajstić information content (AvgIpc) is 2.97. The van der Waals surface area contributed by atoms with E-state index in [1.54, 1.807) is 6.07 Å². The van der Waals surface area contributed by atoms with Crippen molar-refractivity contribution in [3.63, 3.8) is 0 Å². The first-order valence-electron chi connectivity index (χ1n) is 14.7. The molecule has 0 saturated heterocycles. The van der Waals surface area contributed by atoms with E-state index < -0.39 is 0 Å². The molecule has 1 heterocycles. The number of allylic oxidation sites excluding steroid dienone is 4. The van der Waals surface area contributed by atoms with E-state index in [-0.39, 0.29) is 11.8 Å². The fourth-order valence-electron chi connectivity index (χ4n) is 5.53. The summed E-state index contributed by atoms with van der Waals surface area (Å²) >= 11 is 6.87. The molecule has 0 radical (unpaired) electrons. The van der Waals surface area contributed by atoms with Crippen LogP contribution in [0.5, 0.6) is 5.75 Å². The fraction of sp³-hybridized carbons (Fsp3) is 0.361. The van der Waals surface area contributed by atoms with Gasteiger partial charge in [0.15, 0.2) is 0 Å². The number of unbranched alkanes of at least 4 members (excludes halogenated alkanes) is 1. The summed E-state index contributed by atoms with van der Waals surface area (Å²) in [6.45, 7) is 12.0. The zero-order valence-corrected chi connectivity index (χ0v) is 26.3. The molecule has 1 aliphatic rings. The number of nitrogens with zero attached hydrogens (tertiary/aromatic N) is 1. The summed E-state index contributed by atoms with van der Waals surface area (Å²) in [6, 6.07) is 14.3. The molecule has 0 unspecified atom stereocenters. The normalized spacial score (nSPS) is 14.2. The maximum atomic E-state index is 13.7. The molecule has 0 bridgehead atoms. The van der Waals surface area contributed by atoms with Crippen molar-refractivity contribution in [2.45, 2.75) is 60.3 Å². The maximum Gasteiger partial charge on any atom is 0.334 e. The topological polar surface area (TPSA) is 38.8 Å². The minimum absolute atomic E-state index is 0.273. The van der Waals surface area contributed by atoms with Crippen molar-refractivity contribution < 1.29 is 18.7 Å². The second kappa shape index (κ2) is 14.1. The van der Waals surface area contributed by atoms with E-state index in [2.05, 4.69) is 45.7 Å². The Kier molecular flexibility index (Phi) is 10.5. The van der Waals surface area contributed by atoms with Crippen LogP contribution in [0.25, 0.3) is 21.9 Å². The number of esters is 1. The highest BCUT2D eigenvalue weighted by molar-refractivity contribution is 6.33. The maximum absolute atomic E-state index is 13.7. The van der Waals surface area contributed by atoms with Crippen LogP contribution in [0.3, 0.4) is 0 Å². The predicted octanol–water partition coefficient (Wildman–Crippen LogP) is 9.54. The molecule has 0 aliphatic carbocycles. The number of benzene rings is 3. The standard InChI is InChI=1S/C36H41ClFNO3/c1-7-8-20-42-36(40)25(4)29(12-10-21-41-33-13-9-11-27-22-28(38)14-15-31(27)33)30-16-17-32(37)35(24(30)3)34-23(2)18-19-39(6)26(34)5/h9,11,13-18,22H,7-8,10,12,19-21H2,1-6H3/b29-25+. The Morgan fingerprint density at radius 2 is 1.83 bits per heavy atom. The molecule has 0 atom stereocenters. The van der Waals surface area contributed by atoms with Gasteiger partial charge < -0.3 is 14.4 Å². The van der Waals surface area contributed by atoms with E-state index in [1.807, 2.05) is 37.3 Å². The number of likely N-dealkylation sites (N-methyl/N-ethyl adjacent to an activating group) is 1. The van der Waals surface area contributed by atoms with Gasteiger partial charge in [-0.25, -0.2) is 9.18 Å².